The summed E-state index contributed by atoms with van der Waals surface area (Å²) in [6, 6.07) is 7.75. The van der Waals surface area contributed by atoms with Crippen LogP contribution in [0, 0.1) is 0 Å². The second-order valence-corrected chi connectivity index (χ2v) is 5.01. The molecule has 0 atom stereocenters. The number of aromatic nitrogens is 2. The number of anilines is 1. The maximum Gasteiger partial charge on any atom is 0.242 e. The molecule has 2 heterocycles. The maximum absolute atomic E-state index is 6.14. The van der Waals surface area contributed by atoms with Gasteiger partial charge < -0.3 is 9.64 Å². The second-order valence-electron chi connectivity index (χ2n) is 4.22. The van der Waals surface area contributed by atoms with Crippen LogP contribution in [0.25, 0.3) is 0 Å². The van der Waals surface area contributed by atoms with Crippen LogP contribution in [0.2, 0.25) is 10.2 Å². The molecule has 19 heavy (non-hydrogen) atoms. The molecular formula is C13H11Cl2N3O. The topological polar surface area (TPSA) is 38.2 Å². The van der Waals surface area contributed by atoms with Crippen LogP contribution in [-0.4, -0.2) is 23.1 Å². The third kappa shape index (κ3) is 2.60. The Morgan fingerprint density at radius 2 is 2.16 bits per heavy atom. The Kier molecular flexibility index (Phi) is 3.44. The Morgan fingerprint density at radius 1 is 1.26 bits per heavy atom. The van der Waals surface area contributed by atoms with Crippen LogP contribution in [-0.2, 0) is 6.54 Å². The number of hydrogen-bond donors (Lipinski definition) is 0. The van der Waals surface area contributed by atoms with Crippen molar-refractivity contribution in [3.63, 3.8) is 0 Å². The van der Waals surface area contributed by atoms with Gasteiger partial charge in [0.2, 0.25) is 5.88 Å². The molecule has 1 aliphatic rings. The van der Waals surface area contributed by atoms with Crippen LogP contribution >= 0.6 is 23.2 Å². The van der Waals surface area contributed by atoms with Gasteiger partial charge in [0.15, 0.2) is 5.15 Å². The maximum atomic E-state index is 6.14. The molecule has 0 spiro atoms. The predicted molar refractivity (Wildman–Crippen MR) is 75.0 cm³/mol. The minimum Gasteiger partial charge on any atom is -0.474 e. The first-order chi connectivity index (χ1) is 9.24. The fourth-order valence-electron chi connectivity index (χ4n) is 2.09. The molecular weight excluding hydrogens is 285 g/mol. The highest BCUT2D eigenvalue weighted by Gasteiger charge is 2.23. The van der Waals surface area contributed by atoms with Gasteiger partial charge in [0.05, 0.1) is 6.54 Å². The lowest BCUT2D eigenvalue weighted by Gasteiger charge is -2.30. The van der Waals surface area contributed by atoms with Crippen molar-refractivity contribution in [1.29, 1.82) is 0 Å². The quantitative estimate of drug-likeness (QED) is 0.798. The summed E-state index contributed by atoms with van der Waals surface area (Å²) in [5.41, 5.74) is 1.86. The minimum absolute atomic E-state index is 0.409. The average molecular weight is 296 g/mol. The van der Waals surface area contributed by atoms with E-state index in [2.05, 4.69) is 14.9 Å². The number of fused-ring (bicyclic) bond motifs is 1. The van der Waals surface area contributed by atoms with E-state index in [1.807, 2.05) is 24.3 Å². The van der Waals surface area contributed by atoms with Gasteiger partial charge >= 0.3 is 0 Å². The van der Waals surface area contributed by atoms with Crippen molar-refractivity contribution >= 4 is 28.9 Å². The van der Waals surface area contributed by atoms with E-state index in [1.54, 1.807) is 0 Å². The summed E-state index contributed by atoms with van der Waals surface area (Å²) in [5.74, 6) is 0.535. The smallest absolute Gasteiger partial charge is 0.242 e. The van der Waals surface area contributed by atoms with Gasteiger partial charge in [-0.15, -0.1) is 0 Å². The van der Waals surface area contributed by atoms with Crippen molar-refractivity contribution in [2.75, 3.05) is 18.1 Å². The zero-order chi connectivity index (χ0) is 13.2. The highest BCUT2D eigenvalue weighted by molar-refractivity contribution is 6.32. The molecule has 98 valence electrons. The molecule has 0 N–H and O–H groups in total. The zero-order valence-corrected chi connectivity index (χ0v) is 11.5. The van der Waals surface area contributed by atoms with Crippen LogP contribution in [0.15, 0.2) is 30.6 Å². The van der Waals surface area contributed by atoms with Crippen molar-refractivity contribution in [3.8, 4) is 5.88 Å². The molecule has 2 aromatic rings. The van der Waals surface area contributed by atoms with E-state index in [0.717, 1.165) is 22.8 Å². The monoisotopic (exact) mass is 295 g/mol. The van der Waals surface area contributed by atoms with Crippen LogP contribution in [0.5, 0.6) is 5.88 Å². The van der Waals surface area contributed by atoms with Crippen LogP contribution in [0.3, 0.4) is 0 Å². The summed E-state index contributed by atoms with van der Waals surface area (Å²) in [6.07, 6.45) is 1.41. The molecule has 0 saturated heterocycles. The summed E-state index contributed by atoms with van der Waals surface area (Å²) >= 11 is 12.1. The highest BCUT2D eigenvalue weighted by atomic mass is 35.5. The van der Waals surface area contributed by atoms with Crippen LogP contribution < -0.4 is 9.64 Å². The molecule has 0 amide bonds. The second kappa shape index (κ2) is 5.23. The first-order valence-electron chi connectivity index (χ1n) is 5.87. The van der Waals surface area contributed by atoms with E-state index in [4.69, 9.17) is 27.9 Å². The lowest BCUT2D eigenvalue weighted by molar-refractivity contribution is 0.294. The highest BCUT2D eigenvalue weighted by Crippen LogP contribution is 2.35. The molecule has 3 rings (SSSR count). The summed E-state index contributed by atoms with van der Waals surface area (Å²) in [5, 5.41) is 1.13. The SMILES string of the molecule is Clc1cccc(CN2CCOc3ncnc(Cl)c32)c1. The van der Waals surface area contributed by atoms with E-state index in [1.165, 1.54) is 6.33 Å². The fraction of sp³-hybridized carbons (Fsp3) is 0.231. The van der Waals surface area contributed by atoms with Gasteiger partial charge in [-0.1, -0.05) is 35.3 Å². The van der Waals surface area contributed by atoms with E-state index >= 15 is 0 Å². The number of nitrogens with zero attached hydrogens (tertiary/aromatic N) is 3. The largest absolute Gasteiger partial charge is 0.474 e. The van der Waals surface area contributed by atoms with Gasteiger partial charge in [-0.3, -0.25) is 0 Å². The van der Waals surface area contributed by atoms with Crippen molar-refractivity contribution in [3.05, 3.63) is 46.3 Å². The molecule has 0 fully saturated rings. The van der Waals surface area contributed by atoms with Crippen LogP contribution in [0.4, 0.5) is 5.69 Å². The summed E-state index contributed by atoms with van der Waals surface area (Å²) in [7, 11) is 0. The van der Waals surface area contributed by atoms with Gasteiger partial charge in [0, 0.05) is 11.6 Å². The summed E-state index contributed by atoms with van der Waals surface area (Å²) < 4.78 is 5.49. The van der Waals surface area contributed by atoms with E-state index in [0.29, 0.717) is 24.2 Å². The lowest BCUT2D eigenvalue weighted by Crippen LogP contribution is -2.33. The Morgan fingerprint density at radius 3 is 3.00 bits per heavy atom. The van der Waals surface area contributed by atoms with Crippen molar-refractivity contribution < 1.29 is 4.74 Å². The molecule has 6 heteroatoms. The van der Waals surface area contributed by atoms with Gasteiger partial charge in [-0.05, 0) is 17.7 Å². The van der Waals surface area contributed by atoms with Gasteiger partial charge in [0.25, 0.3) is 0 Å². The molecule has 1 aromatic carbocycles. The third-order valence-corrected chi connectivity index (χ3v) is 3.43. The van der Waals surface area contributed by atoms with Gasteiger partial charge in [-0.25, -0.2) is 4.98 Å². The summed E-state index contributed by atoms with van der Waals surface area (Å²) in [4.78, 5) is 10.2. The third-order valence-electron chi connectivity index (χ3n) is 2.92. The Bertz CT molecular complexity index is 606. The average Bonchev–Trinajstić information content (AvgIpc) is 2.39. The van der Waals surface area contributed by atoms with Crippen molar-refractivity contribution in [1.82, 2.24) is 9.97 Å². The number of ether oxygens (including phenoxy) is 1. The first-order valence-corrected chi connectivity index (χ1v) is 6.62. The van der Waals surface area contributed by atoms with E-state index in [-0.39, 0.29) is 0 Å². The van der Waals surface area contributed by atoms with Gasteiger partial charge in [0.1, 0.15) is 18.6 Å². The predicted octanol–water partition coefficient (Wildman–Crippen LogP) is 3.18. The molecule has 0 saturated carbocycles. The fourth-order valence-corrected chi connectivity index (χ4v) is 2.55. The molecule has 0 bridgehead atoms. The molecule has 4 nitrogen and oxygen atoms in total. The first kappa shape index (κ1) is 12.5. The van der Waals surface area contributed by atoms with E-state index < -0.39 is 0 Å². The van der Waals surface area contributed by atoms with Crippen molar-refractivity contribution in [2.24, 2.45) is 0 Å². The normalized spacial score (nSPS) is 13.9. The number of benzene rings is 1. The van der Waals surface area contributed by atoms with Crippen LogP contribution in [0.1, 0.15) is 5.56 Å². The lowest BCUT2D eigenvalue weighted by atomic mass is 10.2. The number of rotatable bonds is 2. The van der Waals surface area contributed by atoms with Gasteiger partial charge in [-0.2, -0.15) is 4.98 Å². The molecule has 1 aliphatic heterocycles. The number of halogens is 2. The molecule has 0 aliphatic carbocycles. The number of hydrogen-bond acceptors (Lipinski definition) is 4. The molecule has 1 aromatic heterocycles. The standard InChI is InChI=1S/C13H11Cl2N3O/c14-10-3-1-2-9(6-10)7-18-4-5-19-13-11(18)12(15)16-8-17-13/h1-3,6,8H,4-5,7H2. The molecule has 0 unspecified atom stereocenters. The van der Waals surface area contributed by atoms with E-state index in [9.17, 15) is 0 Å². The summed E-state index contributed by atoms with van der Waals surface area (Å²) in [6.45, 7) is 2.03. The zero-order valence-electron chi connectivity index (χ0n) is 10.0. The Balaban J connectivity index is 1.92. The Labute approximate surface area is 120 Å². The molecule has 0 radical (unpaired) electrons. The minimum atomic E-state index is 0.409. The Hall–Kier alpha value is -1.52. The van der Waals surface area contributed by atoms with Crippen molar-refractivity contribution in [2.45, 2.75) is 6.54 Å².